The smallest absolute Gasteiger partial charge is 0.145 e. The summed E-state index contributed by atoms with van der Waals surface area (Å²) in [6, 6.07) is 3.13. The highest BCUT2D eigenvalue weighted by molar-refractivity contribution is 6.30. The minimum atomic E-state index is -0.695. The van der Waals surface area contributed by atoms with E-state index in [4.69, 9.17) is 17.3 Å². The second-order valence-electron chi connectivity index (χ2n) is 5.21. The summed E-state index contributed by atoms with van der Waals surface area (Å²) in [7, 11) is 0. The lowest BCUT2D eigenvalue weighted by molar-refractivity contribution is 0.170. The van der Waals surface area contributed by atoms with Gasteiger partial charge >= 0.3 is 0 Å². The van der Waals surface area contributed by atoms with Crippen molar-refractivity contribution in [2.24, 2.45) is 5.73 Å². The lowest BCUT2D eigenvalue weighted by Gasteiger charge is -2.22. The standard InChI is InChI=1S/C13H19ClFNO/c1-13(2,3)9-6-8(11(17)4-5-16)7-10(14)12(9)15/h6-7,11,17H,4-5,16H2,1-3H3/t11-/m0/s1. The molecule has 0 heterocycles. The number of rotatable bonds is 3. The molecule has 0 spiro atoms. The van der Waals surface area contributed by atoms with Gasteiger partial charge in [0.1, 0.15) is 5.82 Å². The van der Waals surface area contributed by atoms with E-state index in [1.165, 1.54) is 6.07 Å². The molecule has 1 aromatic rings. The van der Waals surface area contributed by atoms with E-state index in [-0.39, 0.29) is 10.4 Å². The van der Waals surface area contributed by atoms with Gasteiger partial charge in [-0.1, -0.05) is 32.4 Å². The molecule has 17 heavy (non-hydrogen) atoms. The van der Waals surface area contributed by atoms with Gasteiger partial charge in [0.15, 0.2) is 0 Å². The van der Waals surface area contributed by atoms with E-state index in [1.54, 1.807) is 6.07 Å². The fourth-order valence-electron chi connectivity index (χ4n) is 1.67. The summed E-state index contributed by atoms with van der Waals surface area (Å²) in [4.78, 5) is 0. The highest BCUT2D eigenvalue weighted by atomic mass is 35.5. The normalized spacial score (nSPS) is 13.8. The maximum atomic E-state index is 13.9. The molecule has 1 rings (SSSR count). The van der Waals surface area contributed by atoms with E-state index in [9.17, 15) is 9.50 Å². The van der Waals surface area contributed by atoms with Gasteiger partial charge < -0.3 is 10.8 Å². The first-order chi connectivity index (χ1) is 7.77. The first-order valence-electron chi connectivity index (χ1n) is 5.65. The highest BCUT2D eigenvalue weighted by Crippen LogP contribution is 2.32. The van der Waals surface area contributed by atoms with Crippen molar-refractivity contribution in [1.29, 1.82) is 0 Å². The van der Waals surface area contributed by atoms with Crippen LogP contribution in [-0.4, -0.2) is 11.7 Å². The van der Waals surface area contributed by atoms with Crippen molar-refractivity contribution in [3.63, 3.8) is 0 Å². The molecule has 0 radical (unpaired) electrons. The van der Waals surface area contributed by atoms with Gasteiger partial charge in [-0.15, -0.1) is 0 Å². The maximum absolute atomic E-state index is 13.9. The van der Waals surface area contributed by atoms with Crippen LogP contribution in [0.5, 0.6) is 0 Å². The summed E-state index contributed by atoms with van der Waals surface area (Å²) in [6.45, 7) is 6.09. The number of aliphatic hydroxyl groups excluding tert-OH is 1. The second-order valence-corrected chi connectivity index (χ2v) is 5.61. The Balaban J connectivity index is 3.24. The Labute approximate surface area is 107 Å². The number of halogens is 2. The number of benzene rings is 1. The number of nitrogens with two attached hydrogens (primary N) is 1. The Morgan fingerprint density at radius 1 is 1.41 bits per heavy atom. The SMILES string of the molecule is CC(C)(C)c1cc([C@@H](O)CCN)cc(Cl)c1F. The molecule has 4 heteroatoms. The van der Waals surface area contributed by atoms with Crippen molar-refractivity contribution in [3.8, 4) is 0 Å². The van der Waals surface area contributed by atoms with Crippen LogP contribution in [0.2, 0.25) is 5.02 Å². The van der Waals surface area contributed by atoms with Crippen molar-refractivity contribution in [1.82, 2.24) is 0 Å². The fraction of sp³-hybridized carbons (Fsp3) is 0.538. The Bertz CT molecular complexity index is 401. The largest absolute Gasteiger partial charge is 0.388 e. The second kappa shape index (κ2) is 5.34. The van der Waals surface area contributed by atoms with Crippen LogP contribution in [0.15, 0.2) is 12.1 Å². The van der Waals surface area contributed by atoms with Gasteiger partial charge in [-0.05, 0) is 41.6 Å². The van der Waals surface area contributed by atoms with Crippen molar-refractivity contribution in [3.05, 3.63) is 34.1 Å². The zero-order valence-electron chi connectivity index (χ0n) is 10.4. The maximum Gasteiger partial charge on any atom is 0.145 e. The summed E-state index contributed by atoms with van der Waals surface area (Å²) in [5.74, 6) is -0.414. The van der Waals surface area contributed by atoms with Gasteiger partial charge in [0.25, 0.3) is 0 Å². The topological polar surface area (TPSA) is 46.2 Å². The molecule has 0 aliphatic heterocycles. The van der Waals surface area contributed by atoms with E-state index in [2.05, 4.69) is 0 Å². The Hall–Kier alpha value is -0.640. The van der Waals surface area contributed by atoms with Crippen LogP contribution in [0.4, 0.5) is 4.39 Å². The number of aliphatic hydroxyl groups is 1. The van der Waals surface area contributed by atoms with Crippen LogP contribution in [-0.2, 0) is 5.41 Å². The molecular weight excluding hydrogens is 241 g/mol. The molecule has 0 fully saturated rings. The summed E-state index contributed by atoms with van der Waals surface area (Å²) < 4.78 is 13.9. The summed E-state index contributed by atoms with van der Waals surface area (Å²) in [5, 5.41) is 9.91. The first kappa shape index (κ1) is 14.4. The van der Waals surface area contributed by atoms with Gasteiger partial charge in [0, 0.05) is 0 Å². The molecule has 0 unspecified atom stereocenters. The van der Waals surface area contributed by atoms with Crippen LogP contribution >= 0.6 is 11.6 Å². The Morgan fingerprint density at radius 3 is 2.47 bits per heavy atom. The molecule has 0 amide bonds. The molecule has 0 saturated carbocycles. The summed E-state index contributed by atoms with van der Waals surface area (Å²) in [5.41, 5.74) is 6.16. The monoisotopic (exact) mass is 259 g/mol. The summed E-state index contributed by atoms with van der Waals surface area (Å²) in [6.07, 6.45) is -0.259. The fourth-order valence-corrected chi connectivity index (χ4v) is 1.90. The molecule has 0 aromatic heterocycles. The van der Waals surface area contributed by atoms with Crippen molar-refractivity contribution in [2.45, 2.75) is 38.7 Å². The molecule has 0 aliphatic carbocycles. The first-order valence-corrected chi connectivity index (χ1v) is 6.02. The molecule has 0 saturated heterocycles. The van der Waals surface area contributed by atoms with Crippen LogP contribution in [0.3, 0.4) is 0 Å². The average molecular weight is 260 g/mol. The Morgan fingerprint density at radius 2 is 2.00 bits per heavy atom. The lowest BCUT2D eigenvalue weighted by atomic mass is 9.85. The van der Waals surface area contributed by atoms with Crippen molar-refractivity contribution < 1.29 is 9.50 Å². The van der Waals surface area contributed by atoms with Gasteiger partial charge in [-0.2, -0.15) is 0 Å². The molecule has 96 valence electrons. The molecule has 3 N–H and O–H groups in total. The number of hydrogen-bond acceptors (Lipinski definition) is 2. The predicted octanol–water partition coefficient (Wildman–Crippen LogP) is 3.16. The van der Waals surface area contributed by atoms with Crippen LogP contribution < -0.4 is 5.73 Å². The molecule has 0 bridgehead atoms. The van der Waals surface area contributed by atoms with Crippen LogP contribution in [0.25, 0.3) is 0 Å². The third-order valence-electron chi connectivity index (χ3n) is 2.68. The third kappa shape index (κ3) is 3.41. The van der Waals surface area contributed by atoms with Crippen LogP contribution in [0, 0.1) is 5.82 Å². The van der Waals surface area contributed by atoms with Gasteiger partial charge in [0.2, 0.25) is 0 Å². The molecule has 1 aromatic carbocycles. The molecule has 1 atom stereocenters. The molecule has 2 nitrogen and oxygen atoms in total. The zero-order valence-corrected chi connectivity index (χ0v) is 11.2. The zero-order chi connectivity index (χ0) is 13.2. The van der Waals surface area contributed by atoms with Gasteiger partial charge in [-0.3, -0.25) is 0 Å². The third-order valence-corrected chi connectivity index (χ3v) is 2.96. The Kier molecular flexibility index (Phi) is 4.53. The van der Waals surface area contributed by atoms with E-state index < -0.39 is 11.9 Å². The van der Waals surface area contributed by atoms with Gasteiger partial charge in [0.05, 0.1) is 11.1 Å². The van der Waals surface area contributed by atoms with E-state index >= 15 is 0 Å². The van der Waals surface area contributed by atoms with Crippen molar-refractivity contribution in [2.75, 3.05) is 6.54 Å². The van der Waals surface area contributed by atoms with Crippen molar-refractivity contribution >= 4 is 11.6 Å². The van der Waals surface area contributed by atoms with E-state index in [1.807, 2.05) is 20.8 Å². The average Bonchev–Trinajstić information content (AvgIpc) is 2.20. The predicted molar refractivity (Wildman–Crippen MR) is 68.7 cm³/mol. The van der Waals surface area contributed by atoms with E-state index in [0.29, 0.717) is 24.1 Å². The molecule has 0 aliphatic rings. The number of hydrogen-bond donors (Lipinski definition) is 2. The van der Waals surface area contributed by atoms with E-state index in [0.717, 1.165) is 0 Å². The summed E-state index contributed by atoms with van der Waals surface area (Å²) >= 11 is 5.85. The quantitative estimate of drug-likeness (QED) is 0.876. The van der Waals surface area contributed by atoms with Gasteiger partial charge in [-0.25, -0.2) is 4.39 Å². The van der Waals surface area contributed by atoms with Crippen LogP contribution in [0.1, 0.15) is 44.4 Å². The highest BCUT2D eigenvalue weighted by Gasteiger charge is 2.22. The minimum Gasteiger partial charge on any atom is -0.388 e. The molecular formula is C13H19ClFNO. The minimum absolute atomic E-state index is 0.0449. The lowest BCUT2D eigenvalue weighted by Crippen LogP contribution is -2.15.